The molecule has 1 aromatic rings. The second-order valence-electron chi connectivity index (χ2n) is 4.39. The van der Waals surface area contributed by atoms with E-state index in [1.165, 1.54) is 43.9 Å². The smallest absolute Gasteiger partial charge is 0.129 e. The molecule has 1 saturated carbocycles. The number of rotatable bonds is 4. The van der Waals surface area contributed by atoms with Crippen molar-refractivity contribution in [1.29, 1.82) is 0 Å². The molecule has 16 heavy (non-hydrogen) atoms. The fourth-order valence-electron chi connectivity index (χ4n) is 2.30. The van der Waals surface area contributed by atoms with Crippen molar-refractivity contribution >= 4 is 0 Å². The summed E-state index contributed by atoms with van der Waals surface area (Å²) >= 11 is 0. The van der Waals surface area contributed by atoms with Crippen LogP contribution in [0.4, 0.5) is 8.78 Å². The van der Waals surface area contributed by atoms with Gasteiger partial charge < -0.3 is 5.32 Å². The topological polar surface area (TPSA) is 12.0 Å². The molecule has 0 spiro atoms. The highest BCUT2D eigenvalue weighted by molar-refractivity contribution is 5.19. The summed E-state index contributed by atoms with van der Waals surface area (Å²) < 4.78 is 26.6. The van der Waals surface area contributed by atoms with Crippen molar-refractivity contribution in [2.45, 2.75) is 38.1 Å². The highest BCUT2D eigenvalue weighted by Crippen LogP contribution is 2.18. The van der Waals surface area contributed by atoms with E-state index in [1.807, 2.05) is 0 Å². The molecule has 0 amide bonds. The predicted octanol–water partition coefficient (Wildman–Crippen LogP) is 3.04. The largest absolute Gasteiger partial charge is 0.314 e. The van der Waals surface area contributed by atoms with Gasteiger partial charge in [0.15, 0.2) is 0 Å². The Balaban J connectivity index is 1.84. The lowest BCUT2D eigenvalue weighted by atomic mass is 10.1. The van der Waals surface area contributed by atoms with Crippen LogP contribution < -0.4 is 5.32 Å². The Morgan fingerprint density at radius 2 is 1.75 bits per heavy atom. The molecular weight excluding hydrogens is 208 g/mol. The van der Waals surface area contributed by atoms with E-state index in [0.717, 1.165) is 0 Å². The maximum Gasteiger partial charge on any atom is 0.129 e. The molecule has 2 rings (SSSR count). The number of benzene rings is 1. The molecule has 1 aliphatic rings. The van der Waals surface area contributed by atoms with Crippen molar-refractivity contribution < 1.29 is 8.78 Å². The zero-order chi connectivity index (χ0) is 11.4. The van der Waals surface area contributed by atoms with Gasteiger partial charge in [-0.2, -0.15) is 0 Å². The zero-order valence-corrected chi connectivity index (χ0v) is 9.31. The third kappa shape index (κ3) is 2.79. The maximum atomic E-state index is 13.3. The van der Waals surface area contributed by atoms with Gasteiger partial charge in [-0.15, -0.1) is 0 Å². The highest BCUT2D eigenvalue weighted by atomic mass is 19.1. The minimum absolute atomic E-state index is 0.202. The Morgan fingerprint density at radius 3 is 2.38 bits per heavy atom. The van der Waals surface area contributed by atoms with E-state index in [-0.39, 0.29) is 5.56 Å². The lowest BCUT2D eigenvalue weighted by molar-refractivity contribution is 0.506. The lowest BCUT2D eigenvalue weighted by Crippen LogP contribution is -2.28. The highest BCUT2D eigenvalue weighted by Gasteiger charge is 2.14. The number of halogens is 2. The summed E-state index contributed by atoms with van der Waals surface area (Å²) in [6, 6.07) is 4.58. The third-order valence-electron chi connectivity index (χ3n) is 3.22. The van der Waals surface area contributed by atoms with Crippen LogP contribution >= 0.6 is 0 Å². The van der Waals surface area contributed by atoms with Gasteiger partial charge in [0.1, 0.15) is 11.6 Å². The van der Waals surface area contributed by atoms with Crippen molar-refractivity contribution in [2.75, 3.05) is 6.54 Å². The van der Waals surface area contributed by atoms with E-state index in [2.05, 4.69) is 5.32 Å². The van der Waals surface area contributed by atoms with Gasteiger partial charge in [0, 0.05) is 11.6 Å². The van der Waals surface area contributed by atoms with E-state index in [9.17, 15) is 8.78 Å². The lowest BCUT2D eigenvalue weighted by Gasteiger charge is -2.12. The van der Waals surface area contributed by atoms with Gasteiger partial charge in [0.25, 0.3) is 0 Å². The van der Waals surface area contributed by atoms with Crippen LogP contribution in [0.1, 0.15) is 31.2 Å². The quantitative estimate of drug-likeness (QED) is 0.830. The molecule has 0 bridgehead atoms. The molecule has 0 aromatic heterocycles. The molecular formula is C13H17F2N. The molecule has 1 aliphatic carbocycles. The molecule has 88 valence electrons. The molecule has 0 unspecified atom stereocenters. The van der Waals surface area contributed by atoms with E-state index in [0.29, 0.717) is 19.0 Å². The molecule has 0 saturated heterocycles. The first-order valence-corrected chi connectivity index (χ1v) is 5.93. The molecule has 1 fully saturated rings. The minimum atomic E-state index is -0.437. The summed E-state index contributed by atoms with van der Waals surface area (Å²) in [5.41, 5.74) is 0.202. The monoisotopic (exact) mass is 225 g/mol. The first-order valence-electron chi connectivity index (χ1n) is 5.93. The average Bonchev–Trinajstić information content (AvgIpc) is 2.75. The van der Waals surface area contributed by atoms with Crippen LogP contribution in [0.2, 0.25) is 0 Å². The zero-order valence-electron chi connectivity index (χ0n) is 9.31. The van der Waals surface area contributed by atoms with Crippen LogP contribution in [-0.2, 0) is 6.42 Å². The summed E-state index contributed by atoms with van der Waals surface area (Å²) in [6.45, 7) is 0.655. The summed E-state index contributed by atoms with van der Waals surface area (Å²) in [4.78, 5) is 0. The summed E-state index contributed by atoms with van der Waals surface area (Å²) in [7, 11) is 0. The summed E-state index contributed by atoms with van der Waals surface area (Å²) in [5.74, 6) is -0.874. The molecule has 1 N–H and O–H groups in total. The second kappa shape index (κ2) is 5.39. The Labute approximate surface area is 94.9 Å². The van der Waals surface area contributed by atoms with E-state index >= 15 is 0 Å². The SMILES string of the molecule is Fc1cccc(F)c1CCNC1CCCC1. The van der Waals surface area contributed by atoms with E-state index in [1.54, 1.807) is 0 Å². The fourth-order valence-corrected chi connectivity index (χ4v) is 2.30. The standard InChI is InChI=1S/C13H17F2N/c14-12-6-3-7-13(15)11(12)8-9-16-10-4-1-2-5-10/h3,6-7,10,16H,1-2,4-5,8-9H2. The Kier molecular flexibility index (Phi) is 3.88. The second-order valence-corrected chi connectivity index (χ2v) is 4.39. The summed E-state index contributed by atoms with van der Waals surface area (Å²) in [6.07, 6.45) is 5.35. The minimum Gasteiger partial charge on any atom is -0.314 e. The van der Waals surface area contributed by atoms with Crippen molar-refractivity contribution in [3.63, 3.8) is 0 Å². The van der Waals surface area contributed by atoms with Crippen molar-refractivity contribution in [2.24, 2.45) is 0 Å². The van der Waals surface area contributed by atoms with Crippen LogP contribution in [0.15, 0.2) is 18.2 Å². The molecule has 1 aromatic carbocycles. The van der Waals surface area contributed by atoms with E-state index < -0.39 is 11.6 Å². The average molecular weight is 225 g/mol. The van der Waals surface area contributed by atoms with Gasteiger partial charge >= 0.3 is 0 Å². The van der Waals surface area contributed by atoms with Crippen LogP contribution in [0.25, 0.3) is 0 Å². The van der Waals surface area contributed by atoms with Crippen LogP contribution in [0, 0.1) is 11.6 Å². The first-order chi connectivity index (χ1) is 7.77. The number of hydrogen-bond acceptors (Lipinski definition) is 1. The summed E-state index contributed by atoms with van der Waals surface area (Å²) in [5, 5.41) is 3.35. The number of hydrogen-bond donors (Lipinski definition) is 1. The van der Waals surface area contributed by atoms with Crippen molar-refractivity contribution in [1.82, 2.24) is 5.32 Å². The molecule has 1 nitrogen and oxygen atoms in total. The molecule has 0 radical (unpaired) electrons. The first kappa shape index (κ1) is 11.5. The molecule has 0 atom stereocenters. The van der Waals surface area contributed by atoms with Gasteiger partial charge in [0.05, 0.1) is 0 Å². The normalized spacial score (nSPS) is 16.9. The Bertz CT molecular complexity index is 326. The Morgan fingerprint density at radius 1 is 1.12 bits per heavy atom. The molecule has 0 heterocycles. The van der Waals surface area contributed by atoms with Gasteiger partial charge in [-0.1, -0.05) is 18.9 Å². The van der Waals surface area contributed by atoms with Crippen molar-refractivity contribution in [3.8, 4) is 0 Å². The van der Waals surface area contributed by atoms with Crippen LogP contribution in [0.3, 0.4) is 0 Å². The number of nitrogens with one attached hydrogen (secondary N) is 1. The fraction of sp³-hybridized carbons (Fsp3) is 0.538. The van der Waals surface area contributed by atoms with Gasteiger partial charge in [-0.3, -0.25) is 0 Å². The molecule has 3 heteroatoms. The van der Waals surface area contributed by atoms with Gasteiger partial charge in [-0.05, 0) is 37.9 Å². The van der Waals surface area contributed by atoms with Gasteiger partial charge in [-0.25, -0.2) is 8.78 Å². The van der Waals surface area contributed by atoms with Crippen LogP contribution in [-0.4, -0.2) is 12.6 Å². The van der Waals surface area contributed by atoms with Crippen LogP contribution in [0.5, 0.6) is 0 Å². The third-order valence-corrected chi connectivity index (χ3v) is 3.22. The van der Waals surface area contributed by atoms with Gasteiger partial charge in [0.2, 0.25) is 0 Å². The maximum absolute atomic E-state index is 13.3. The Hall–Kier alpha value is -0.960. The molecule has 0 aliphatic heterocycles. The predicted molar refractivity (Wildman–Crippen MR) is 60.3 cm³/mol. The van der Waals surface area contributed by atoms with E-state index in [4.69, 9.17) is 0 Å². The van der Waals surface area contributed by atoms with Crippen molar-refractivity contribution in [3.05, 3.63) is 35.4 Å².